The van der Waals surface area contributed by atoms with Gasteiger partial charge in [0.05, 0.1) is 10.9 Å². The van der Waals surface area contributed by atoms with Crippen molar-refractivity contribution < 1.29 is 14.6 Å². The molecule has 1 aromatic carbocycles. The third-order valence-corrected chi connectivity index (χ3v) is 6.03. The molecule has 0 bridgehead atoms. The van der Waals surface area contributed by atoms with Gasteiger partial charge in [-0.25, -0.2) is 0 Å². The van der Waals surface area contributed by atoms with Gasteiger partial charge in [0.15, 0.2) is 0 Å². The molecule has 5 nitrogen and oxygen atoms in total. The Morgan fingerprint density at radius 2 is 2.21 bits per heavy atom. The first kappa shape index (κ1) is 15.3. The van der Waals surface area contributed by atoms with Crippen LogP contribution in [0.3, 0.4) is 0 Å². The smallest absolute Gasteiger partial charge is 0.254 e. The van der Waals surface area contributed by atoms with Crippen LogP contribution in [0.25, 0.3) is 0 Å². The molecule has 0 unspecified atom stereocenters. The summed E-state index contributed by atoms with van der Waals surface area (Å²) in [5, 5.41) is 9.52. The fourth-order valence-electron chi connectivity index (χ4n) is 3.32. The molecule has 3 heterocycles. The van der Waals surface area contributed by atoms with Crippen molar-refractivity contribution in [1.82, 2.24) is 9.88 Å². The lowest BCUT2D eigenvalue weighted by atomic mass is 9.92. The van der Waals surface area contributed by atoms with Crippen molar-refractivity contribution >= 4 is 17.7 Å². The number of phenols is 1. The summed E-state index contributed by atoms with van der Waals surface area (Å²) in [6.45, 7) is 1.47. The molecule has 0 aliphatic carbocycles. The number of aromatic hydroxyl groups is 1. The summed E-state index contributed by atoms with van der Waals surface area (Å²) < 4.78 is 6.09. The van der Waals surface area contributed by atoms with Gasteiger partial charge >= 0.3 is 0 Å². The topological polar surface area (TPSA) is 62.7 Å². The normalized spacial score (nSPS) is 21.5. The third kappa shape index (κ3) is 2.94. The van der Waals surface area contributed by atoms with Gasteiger partial charge in [-0.1, -0.05) is 6.07 Å². The molecule has 2 aliphatic rings. The molecule has 1 aromatic heterocycles. The Morgan fingerprint density at radius 3 is 2.96 bits per heavy atom. The molecular formula is C18H18N2O3S. The number of hydrogen-bond acceptors (Lipinski definition) is 5. The Bertz CT molecular complexity index is 747. The van der Waals surface area contributed by atoms with Crippen molar-refractivity contribution in [3.8, 4) is 11.5 Å². The summed E-state index contributed by atoms with van der Waals surface area (Å²) in [5.41, 5.74) is 0.538. The number of benzene rings is 1. The van der Waals surface area contributed by atoms with Gasteiger partial charge in [-0.2, -0.15) is 0 Å². The highest BCUT2D eigenvalue weighted by Crippen LogP contribution is 2.46. The minimum absolute atomic E-state index is 0.0197. The molecule has 6 heteroatoms. The van der Waals surface area contributed by atoms with E-state index in [4.69, 9.17) is 4.74 Å². The monoisotopic (exact) mass is 342 g/mol. The highest BCUT2D eigenvalue weighted by atomic mass is 32.2. The number of phenolic OH excluding ortho intramolecular Hbond substituents is 1. The second-order valence-electron chi connectivity index (χ2n) is 6.34. The molecule has 0 radical (unpaired) electrons. The van der Waals surface area contributed by atoms with Crippen LogP contribution in [0.5, 0.6) is 11.5 Å². The number of likely N-dealkylation sites (tertiary alicyclic amines) is 1. The van der Waals surface area contributed by atoms with Crippen LogP contribution in [0.4, 0.5) is 0 Å². The molecule has 2 aliphatic heterocycles. The van der Waals surface area contributed by atoms with Gasteiger partial charge in [0, 0.05) is 37.0 Å². The fourth-order valence-corrected chi connectivity index (χ4v) is 4.85. The molecule has 4 rings (SSSR count). The van der Waals surface area contributed by atoms with Gasteiger partial charge in [0.2, 0.25) is 0 Å². The van der Waals surface area contributed by atoms with Gasteiger partial charge in [0.25, 0.3) is 5.91 Å². The first-order chi connectivity index (χ1) is 11.6. The van der Waals surface area contributed by atoms with Crippen LogP contribution in [0, 0.1) is 0 Å². The number of pyridine rings is 1. The van der Waals surface area contributed by atoms with Gasteiger partial charge in [0.1, 0.15) is 17.6 Å². The average Bonchev–Trinajstić information content (AvgIpc) is 2.98. The number of carbonyl (C=O) groups excluding carboxylic acids is 1. The van der Waals surface area contributed by atoms with Crippen LogP contribution in [0.1, 0.15) is 16.8 Å². The Morgan fingerprint density at radius 1 is 1.33 bits per heavy atom. The van der Waals surface area contributed by atoms with Crippen LogP contribution in [0.15, 0.2) is 48.8 Å². The Labute approximate surface area is 144 Å². The van der Waals surface area contributed by atoms with E-state index in [1.54, 1.807) is 30.6 Å². The van der Waals surface area contributed by atoms with Gasteiger partial charge in [-0.3, -0.25) is 9.78 Å². The number of thioether (sulfide) groups is 1. The first-order valence-electron chi connectivity index (χ1n) is 7.93. The maximum atomic E-state index is 12.5. The van der Waals surface area contributed by atoms with E-state index in [1.807, 2.05) is 28.8 Å². The number of carbonyl (C=O) groups is 1. The van der Waals surface area contributed by atoms with Crippen molar-refractivity contribution in [2.45, 2.75) is 17.3 Å². The molecule has 24 heavy (non-hydrogen) atoms. The van der Waals surface area contributed by atoms with Gasteiger partial charge < -0.3 is 14.7 Å². The molecule has 1 atom stereocenters. The number of ether oxygens (including phenoxy) is 1. The molecule has 0 saturated carbocycles. The lowest BCUT2D eigenvalue weighted by molar-refractivity contribution is 0.0517. The molecule has 1 spiro atoms. The molecule has 2 saturated heterocycles. The zero-order valence-electron chi connectivity index (χ0n) is 13.1. The zero-order chi connectivity index (χ0) is 16.6. The summed E-state index contributed by atoms with van der Waals surface area (Å²) >= 11 is 1.89. The van der Waals surface area contributed by atoms with E-state index in [0.717, 1.165) is 31.0 Å². The van der Waals surface area contributed by atoms with E-state index in [1.165, 1.54) is 6.07 Å². The highest BCUT2D eigenvalue weighted by Gasteiger charge is 2.51. The maximum absolute atomic E-state index is 12.5. The van der Waals surface area contributed by atoms with Crippen molar-refractivity contribution in [2.75, 3.05) is 18.8 Å². The van der Waals surface area contributed by atoms with Crippen molar-refractivity contribution in [3.63, 3.8) is 0 Å². The Hall–Kier alpha value is -2.21. The van der Waals surface area contributed by atoms with Crippen LogP contribution >= 0.6 is 11.8 Å². The van der Waals surface area contributed by atoms with Crippen LogP contribution in [-0.4, -0.2) is 50.6 Å². The lowest BCUT2D eigenvalue weighted by Gasteiger charge is -2.47. The average molecular weight is 342 g/mol. The fraction of sp³-hybridized carbons (Fsp3) is 0.333. The quantitative estimate of drug-likeness (QED) is 0.929. The van der Waals surface area contributed by atoms with Crippen LogP contribution < -0.4 is 4.74 Å². The first-order valence-corrected chi connectivity index (χ1v) is 8.91. The zero-order valence-corrected chi connectivity index (χ0v) is 13.9. The minimum Gasteiger partial charge on any atom is -0.508 e. The standard InChI is InChI=1S/C18H18N2O3S/c21-14-4-1-3-13(7-14)17(22)20-11-18(12-20)8-16(10-24-18)23-15-5-2-6-19-9-15/h1-7,9,16,21H,8,10-12H2/t16-/m1/s1. The predicted molar refractivity (Wildman–Crippen MR) is 92.5 cm³/mol. The number of aromatic nitrogens is 1. The van der Waals surface area contributed by atoms with E-state index in [9.17, 15) is 9.90 Å². The molecule has 2 aromatic rings. The van der Waals surface area contributed by atoms with E-state index < -0.39 is 0 Å². The minimum atomic E-state index is -0.0197. The second kappa shape index (κ2) is 6.02. The maximum Gasteiger partial charge on any atom is 0.254 e. The molecule has 2 fully saturated rings. The van der Waals surface area contributed by atoms with Gasteiger partial charge in [-0.05, 0) is 30.3 Å². The predicted octanol–water partition coefficient (Wildman–Crippen LogP) is 2.57. The Kier molecular flexibility index (Phi) is 3.84. The number of amides is 1. The Balaban J connectivity index is 1.34. The number of hydrogen-bond donors (Lipinski definition) is 1. The summed E-state index contributed by atoms with van der Waals surface area (Å²) in [6.07, 6.45) is 4.57. The van der Waals surface area contributed by atoms with E-state index in [-0.39, 0.29) is 22.5 Å². The van der Waals surface area contributed by atoms with Crippen LogP contribution in [-0.2, 0) is 0 Å². The SMILES string of the molecule is O=C(c1cccc(O)c1)N1CC2(C[C@@H](Oc3cccnc3)CS2)C1. The highest BCUT2D eigenvalue weighted by molar-refractivity contribution is 8.01. The lowest BCUT2D eigenvalue weighted by Crippen LogP contribution is -2.60. The van der Waals surface area contributed by atoms with Crippen LogP contribution in [0.2, 0.25) is 0 Å². The third-order valence-electron chi connectivity index (χ3n) is 4.45. The van der Waals surface area contributed by atoms with E-state index in [2.05, 4.69) is 4.98 Å². The molecule has 1 amide bonds. The molecule has 124 valence electrons. The number of nitrogens with zero attached hydrogens (tertiary/aromatic N) is 2. The largest absolute Gasteiger partial charge is 0.508 e. The van der Waals surface area contributed by atoms with E-state index >= 15 is 0 Å². The summed E-state index contributed by atoms with van der Waals surface area (Å²) in [6, 6.07) is 10.3. The van der Waals surface area contributed by atoms with Crippen molar-refractivity contribution in [3.05, 3.63) is 54.4 Å². The summed E-state index contributed by atoms with van der Waals surface area (Å²) in [5.74, 6) is 1.83. The van der Waals surface area contributed by atoms with Crippen molar-refractivity contribution in [2.24, 2.45) is 0 Å². The molecular weight excluding hydrogens is 324 g/mol. The molecule has 1 N–H and O–H groups in total. The summed E-state index contributed by atoms with van der Waals surface area (Å²) in [4.78, 5) is 18.4. The number of rotatable bonds is 3. The summed E-state index contributed by atoms with van der Waals surface area (Å²) in [7, 11) is 0. The van der Waals surface area contributed by atoms with E-state index in [0.29, 0.717) is 5.56 Å². The van der Waals surface area contributed by atoms with Crippen molar-refractivity contribution in [1.29, 1.82) is 0 Å². The van der Waals surface area contributed by atoms with Gasteiger partial charge in [-0.15, -0.1) is 11.8 Å². The second-order valence-corrected chi connectivity index (χ2v) is 7.83.